The summed E-state index contributed by atoms with van der Waals surface area (Å²) in [6.45, 7) is -0.388. The van der Waals surface area contributed by atoms with Gasteiger partial charge in [-0.2, -0.15) is 5.26 Å². The van der Waals surface area contributed by atoms with Gasteiger partial charge in [0.05, 0.1) is 19.2 Å². The van der Waals surface area contributed by atoms with Crippen molar-refractivity contribution in [1.29, 1.82) is 5.26 Å². The number of ether oxygens (including phenoxy) is 2. The molecule has 0 aromatic heterocycles. The molecular formula is C19H19N3O4. The number of carbonyl (C=O) groups is 2. The van der Waals surface area contributed by atoms with Gasteiger partial charge in [0, 0.05) is 18.8 Å². The average molecular weight is 353 g/mol. The molecule has 0 atom stereocenters. The molecule has 1 N–H and O–H groups in total. The number of methoxy groups -OCH3 is 1. The molecule has 26 heavy (non-hydrogen) atoms. The number of nitriles is 1. The first-order valence-corrected chi connectivity index (χ1v) is 7.83. The average Bonchev–Trinajstić information content (AvgIpc) is 2.66. The summed E-state index contributed by atoms with van der Waals surface area (Å²) in [5.74, 6) is 0.236. The van der Waals surface area contributed by atoms with Crippen LogP contribution in [0.2, 0.25) is 0 Å². The first-order chi connectivity index (χ1) is 12.5. The van der Waals surface area contributed by atoms with Gasteiger partial charge in [-0.1, -0.05) is 18.2 Å². The van der Waals surface area contributed by atoms with Crippen molar-refractivity contribution in [3.63, 3.8) is 0 Å². The van der Waals surface area contributed by atoms with E-state index in [1.807, 2.05) is 6.07 Å². The summed E-state index contributed by atoms with van der Waals surface area (Å²) >= 11 is 0. The molecule has 0 aliphatic heterocycles. The van der Waals surface area contributed by atoms with Crippen molar-refractivity contribution in [2.45, 2.75) is 0 Å². The van der Waals surface area contributed by atoms with Crippen molar-refractivity contribution in [1.82, 2.24) is 4.90 Å². The van der Waals surface area contributed by atoms with E-state index in [4.69, 9.17) is 14.7 Å². The number of nitrogens with zero attached hydrogens (tertiary/aromatic N) is 2. The van der Waals surface area contributed by atoms with Crippen LogP contribution in [0.1, 0.15) is 5.56 Å². The van der Waals surface area contributed by atoms with Gasteiger partial charge in [-0.25, -0.2) is 0 Å². The van der Waals surface area contributed by atoms with E-state index in [1.54, 1.807) is 48.5 Å². The Morgan fingerprint density at radius 1 is 1.19 bits per heavy atom. The van der Waals surface area contributed by atoms with Gasteiger partial charge < -0.3 is 19.7 Å². The summed E-state index contributed by atoms with van der Waals surface area (Å²) in [5, 5.41) is 11.7. The number of likely N-dealkylation sites (N-methyl/N-ethyl adjacent to an activating group) is 1. The van der Waals surface area contributed by atoms with E-state index in [1.165, 1.54) is 19.1 Å². The zero-order chi connectivity index (χ0) is 18.9. The Bertz CT molecular complexity index is 830. The second-order valence-electron chi connectivity index (χ2n) is 5.43. The van der Waals surface area contributed by atoms with Gasteiger partial charge in [0.1, 0.15) is 17.6 Å². The van der Waals surface area contributed by atoms with Crippen molar-refractivity contribution in [3.8, 4) is 17.6 Å². The second kappa shape index (κ2) is 9.08. The van der Waals surface area contributed by atoms with Crippen LogP contribution in [0.3, 0.4) is 0 Å². The molecule has 0 unspecified atom stereocenters. The summed E-state index contributed by atoms with van der Waals surface area (Å²) in [6.07, 6.45) is 0. The van der Waals surface area contributed by atoms with E-state index in [0.29, 0.717) is 22.7 Å². The van der Waals surface area contributed by atoms with Crippen molar-refractivity contribution in [3.05, 3.63) is 54.1 Å². The number of para-hydroxylation sites is 1. The lowest BCUT2D eigenvalue weighted by Gasteiger charge is -2.17. The maximum Gasteiger partial charge on any atom is 0.260 e. The Morgan fingerprint density at radius 3 is 2.69 bits per heavy atom. The first-order valence-electron chi connectivity index (χ1n) is 7.83. The predicted octanol–water partition coefficient (Wildman–Crippen LogP) is 2.04. The van der Waals surface area contributed by atoms with Gasteiger partial charge in [-0.05, 0) is 24.3 Å². The van der Waals surface area contributed by atoms with Gasteiger partial charge in [0.25, 0.3) is 5.91 Å². The molecule has 0 heterocycles. The number of carbonyl (C=O) groups excluding carboxylic acids is 2. The molecule has 0 radical (unpaired) electrons. The van der Waals surface area contributed by atoms with Crippen LogP contribution in [0.4, 0.5) is 5.69 Å². The Morgan fingerprint density at radius 2 is 1.96 bits per heavy atom. The summed E-state index contributed by atoms with van der Waals surface area (Å²) in [5.41, 5.74) is 0.924. The van der Waals surface area contributed by atoms with Gasteiger partial charge in [0.2, 0.25) is 5.91 Å². The van der Waals surface area contributed by atoms with Gasteiger partial charge in [-0.15, -0.1) is 0 Å². The normalized spacial score (nSPS) is 9.73. The number of anilines is 1. The molecule has 0 aliphatic carbocycles. The SMILES string of the molecule is COc1cccc(NC(=O)CN(C)C(=O)COc2ccccc2C#N)c1. The Labute approximate surface area is 151 Å². The fourth-order valence-corrected chi connectivity index (χ4v) is 2.14. The molecule has 7 heteroatoms. The molecule has 0 saturated heterocycles. The highest BCUT2D eigenvalue weighted by Crippen LogP contribution is 2.17. The minimum atomic E-state index is -0.376. The highest BCUT2D eigenvalue weighted by molar-refractivity contribution is 5.94. The Balaban J connectivity index is 1.86. The van der Waals surface area contributed by atoms with E-state index < -0.39 is 0 Å². The van der Waals surface area contributed by atoms with Crippen LogP contribution in [-0.4, -0.2) is 44.0 Å². The second-order valence-corrected chi connectivity index (χ2v) is 5.43. The van der Waals surface area contributed by atoms with Gasteiger partial charge >= 0.3 is 0 Å². The maximum atomic E-state index is 12.1. The molecule has 134 valence electrons. The topological polar surface area (TPSA) is 91.7 Å². The molecule has 2 aromatic rings. The smallest absolute Gasteiger partial charge is 0.260 e. The number of rotatable bonds is 7. The number of hydrogen-bond acceptors (Lipinski definition) is 5. The van der Waals surface area contributed by atoms with E-state index >= 15 is 0 Å². The lowest BCUT2D eigenvalue weighted by molar-refractivity contribution is -0.135. The Kier molecular flexibility index (Phi) is 6.57. The van der Waals surface area contributed by atoms with Crippen LogP contribution in [0.15, 0.2) is 48.5 Å². The summed E-state index contributed by atoms with van der Waals surface area (Å²) in [6, 6.07) is 15.6. The predicted molar refractivity (Wildman–Crippen MR) is 95.9 cm³/mol. The molecule has 2 rings (SSSR count). The molecule has 0 saturated carbocycles. The number of hydrogen-bond donors (Lipinski definition) is 1. The molecule has 2 aromatic carbocycles. The van der Waals surface area contributed by atoms with Gasteiger partial charge in [-0.3, -0.25) is 9.59 Å². The van der Waals surface area contributed by atoms with Crippen LogP contribution in [0, 0.1) is 11.3 Å². The van der Waals surface area contributed by atoms with Crippen molar-refractivity contribution in [2.24, 2.45) is 0 Å². The number of benzene rings is 2. The van der Waals surface area contributed by atoms with E-state index in [0.717, 1.165) is 0 Å². The molecule has 0 aliphatic rings. The Hall–Kier alpha value is -3.53. The molecule has 2 amide bonds. The monoisotopic (exact) mass is 353 g/mol. The summed E-state index contributed by atoms with van der Waals surface area (Å²) < 4.78 is 10.5. The van der Waals surface area contributed by atoms with Crippen molar-refractivity contribution < 1.29 is 19.1 Å². The van der Waals surface area contributed by atoms with Crippen molar-refractivity contribution >= 4 is 17.5 Å². The third-order valence-electron chi connectivity index (χ3n) is 3.52. The highest BCUT2D eigenvalue weighted by Gasteiger charge is 2.14. The molecular weight excluding hydrogens is 334 g/mol. The minimum Gasteiger partial charge on any atom is -0.497 e. The van der Waals surface area contributed by atoms with E-state index in [2.05, 4.69) is 5.32 Å². The van der Waals surface area contributed by atoms with E-state index in [-0.39, 0.29) is 25.0 Å². The fraction of sp³-hybridized carbons (Fsp3) is 0.211. The van der Waals surface area contributed by atoms with Crippen molar-refractivity contribution in [2.75, 3.05) is 32.6 Å². The number of nitrogens with one attached hydrogen (secondary N) is 1. The lowest BCUT2D eigenvalue weighted by atomic mass is 10.2. The quantitative estimate of drug-likeness (QED) is 0.822. The summed E-state index contributed by atoms with van der Waals surface area (Å²) in [7, 11) is 3.05. The fourth-order valence-electron chi connectivity index (χ4n) is 2.14. The molecule has 0 spiro atoms. The largest absolute Gasteiger partial charge is 0.497 e. The lowest BCUT2D eigenvalue weighted by Crippen LogP contribution is -2.37. The molecule has 0 bridgehead atoms. The van der Waals surface area contributed by atoms with E-state index in [9.17, 15) is 9.59 Å². The zero-order valence-corrected chi connectivity index (χ0v) is 14.6. The van der Waals surface area contributed by atoms with Gasteiger partial charge in [0.15, 0.2) is 6.61 Å². The van der Waals surface area contributed by atoms with Crippen LogP contribution in [-0.2, 0) is 9.59 Å². The van der Waals surface area contributed by atoms with Crippen LogP contribution in [0.5, 0.6) is 11.5 Å². The highest BCUT2D eigenvalue weighted by atomic mass is 16.5. The first kappa shape index (κ1) is 18.8. The van der Waals surface area contributed by atoms with Crippen LogP contribution >= 0.6 is 0 Å². The van der Waals surface area contributed by atoms with Crippen LogP contribution < -0.4 is 14.8 Å². The third kappa shape index (κ3) is 5.24. The number of amides is 2. The summed E-state index contributed by atoms with van der Waals surface area (Å²) in [4.78, 5) is 25.4. The maximum absolute atomic E-state index is 12.1. The minimum absolute atomic E-state index is 0.126. The van der Waals surface area contributed by atoms with Crippen LogP contribution in [0.25, 0.3) is 0 Å². The zero-order valence-electron chi connectivity index (χ0n) is 14.6. The molecule has 7 nitrogen and oxygen atoms in total. The standard InChI is InChI=1S/C19H19N3O4/c1-22(12-18(23)21-15-7-5-8-16(10-15)25-2)19(24)13-26-17-9-4-3-6-14(17)11-20/h3-10H,12-13H2,1-2H3,(H,21,23). The third-order valence-corrected chi connectivity index (χ3v) is 3.52. The molecule has 0 fully saturated rings.